The highest BCUT2D eigenvalue weighted by Crippen LogP contribution is 2.62. The third-order valence-corrected chi connectivity index (χ3v) is 11.7. The first kappa shape index (κ1) is 45.5. The molecule has 13 heteroatoms. The largest absolute Gasteiger partial charge is 0.459 e. The summed E-state index contributed by atoms with van der Waals surface area (Å²) in [6, 6.07) is 21.6. The first-order valence-electron chi connectivity index (χ1n) is 21.5. The van der Waals surface area contributed by atoms with E-state index >= 15 is 0 Å². The molecule has 1 amide bonds. The van der Waals surface area contributed by atoms with Crippen molar-refractivity contribution in [1.29, 1.82) is 0 Å². The molecule has 0 spiro atoms. The molecule has 0 unspecified atom stereocenters. The molecule has 6 rings (SSSR count). The third kappa shape index (κ3) is 10.9. The van der Waals surface area contributed by atoms with Crippen LogP contribution in [0.3, 0.4) is 0 Å². The Labute approximate surface area is 358 Å². The van der Waals surface area contributed by atoms with E-state index in [-0.39, 0.29) is 83.6 Å². The SMILES string of the molecule is C=CCO[C@@]12Oc3ccc(Oc4cccc(C=O)c4)cc3[C@H]3[C@H](CCCCO)[C@@H](CCCCO)C=C(C(=NOCc4ccccc4)C[C@@H]1N(CCOCCO)C(=O)OCC)[C@H]32. The van der Waals surface area contributed by atoms with Crippen LogP contribution in [0.2, 0.25) is 0 Å². The smallest absolute Gasteiger partial charge is 0.410 e. The van der Waals surface area contributed by atoms with Crippen LogP contribution in [-0.2, 0) is 25.7 Å². The number of aliphatic hydroxyl groups excluding tert-OH is 3. The Hall–Kier alpha value is -5.05. The molecule has 3 aliphatic rings. The topological polar surface area (TPSA) is 166 Å². The van der Waals surface area contributed by atoms with E-state index in [0.717, 1.165) is 48.7 Å². The number of unbranched alkanes of at least 4 members (excludes halogenated alkanes) is 2. The fourth-order valence-corrected chi connectivity index (χ4v) is 9.17. The molecule has 2 aliphatic carbocycles. The summed E-state index contributed by atoms with van der Waals surface area (Å²) < 4.78 is 32.1. The Kier molecular flexibility index (Phi) is 16.9. The van der Waals surface area contributed by atoms with E-state index < -0.39 is 23.8 Å². The second-order valence-electron chi connectivity index (χ2n) is 15.6. The third-order valence-electron chi connectivity index (χ3n) is 11.7. The Morgan fingerprint density at radius 2 is 1.74 bits per heavy atom. The van der Waals surface area contributed by atoms with Crippen molar-refractivity contribution in [2.75, 3.05) is 52.8 Å². The molecule has 13 nitrogen and oxygen atoms in total. The maximum Gasteiger partial charge on any atom is 0.410 e. The molecular formula is C48H60N2O11. The number of amides is 1. The Morgan fingerprint density at radius 3 is 2.48 bits per heavy atom. The normalized spacial score (nSPS) is 23.2. The summed E-state index contributed by atoms with van der Waals surface area (Å²) in [4.78, 5) is 33.6. The van der Waals surface area contributed by atoms with Gasteiger partial charge in [-0.2, -0.15) is 0 Å². The minimum atomic E-state index is -1.49. The van der Waals surface area contributed by atoms with Gasteiger partial charge in [-0.15, -0.1) is 6.58 Å². The number of allylic oxidation sites excluding steroid dienone is 1. The van der Waals surface area contributed by atoms with Crippen LogP contribution in [0.4, 0.5) is 4.79 Å². The second kappa shape index (κ2) is 22.7. The highest BCUT2D eigenvalue weighted by Gasteiger charge is 2.65. The van der Waals surface area contributed by atoms with Gasteiger partial charge in [0.05, 0.1) is 44.7 Å². The van der Waals surface area contributed by atoms with Crippen LogP contribution in [0.25, 0.3) is 0 Å². The molecule has 3 aromatic carbocycles. The summed E-state index contributed by atoms with van der Waals surface area (Å²) in [6.45, 7) is 6.48. The quantitative estimate of drug-likeness (QED) is 0.0352. The number of oxime groups is 1. The predicted molar refractivity (Wildman–Crippen MR) is 230 cm³/mol. The van der Waals surface area contributed by atoms with E-state index in [1.54, 1.807) is 42.2 Å². The minimum Gasteiger partial charge on any atom is -0.459 e. The molecular weight excluding hydrogens is 781 g/mol. The van der Waals surface area contributed by atoms with Crippen LogP contribution < -0.4 is 9.47 Å². The van der Waals surface area contributed by atoms with Gasteiger partial charge >= 0.3 is 6.09 Å². The lowest BCUT2D eigenvalue weighted by Gasteiger charge is -2.59. The molecule has 1 saturated carbocycles. The number of rotatable bonds is 24. The van der Waals surface area contributed by atoms with Gasteiger partial charge < -0.3 is 43.8 Å². The van der Waals surface area contributed by atoms with Gasteiger partial charge in [-0.3, -0.25) is 9.69 Å². The van der Waals surface area contributed by atoms with Crippen molar-refractivity contribution >= 4 is 18.1 Å². The van der Waals surface area contributed by atoms with Crippen molar-refractivity contribution in [2.45, 2.75) is 76.2 Å². The Morgan fingerprint density at radius 1 is 0.951 bits per heavy atom. The Bertz CT molecular complexity index is 1950. The van der Waals surface area contributed by atoms with Crippen molar-refractivity contribution in [3.63, 3.8) is 0 Å². The van der Waals surface area contributed by atoms with Gasteiger partial charge in [-0.25, -0.2) is 4.79 Å². The fraction of sp³-hybridized carbons (Fsp3) is 0.479. The number of ether oxygens (including phenoxy) is 5. The van der Waals surface area contributed by atoms with Crippen LogP contribution in [0.5, 0.6) is 17.2 Å². The van der Waals surface area contributed by atoms with Crippen molar-refractivity contribution in [3.05, 3.63) is 114 Å². The number of fused-ring (bicyclic) bond motifs is 2. The molecule has 3 aromatic rings. The predicted octanol–water partition coefficient (Wildman–Crippen LogP) is 7.59. The van der Waals surface area contributed by atoms with E-state index in [2.05, 4.69) is 12.7 Å². The zero-order valence-electron chi connectivity index (χ0n) is 35.1. The number of carbonyl (C=O) groups excluding carboxylic acids is 2. The van der Waals surface area contributed by atoms with Gasteiger partial charge in [0.1, 0.15) is 36.2 Å². The second-order valence-corrected chi connectivity index (χ2v) is 15.6. The van der Waals surface area contributed by atoms with Crippen LogP contribution in [0.15, 0.2) is 102 Å². The molecule has 3 N–H and O–H groups in total. The van der Waals surface area contributed by atoms with Crippen molar-refractivity contribution in [2.24, 2.45) is 22.9 Å². The van der Waals surface area contributed by atoms with Crippen molar-refractivity contribution < 1.29 is 53.4 Å². The fourth-order valence-electron chi connectivity index (χ4n) is 9.17. The molecule has 1 aliphatic heterocycles. The van der Waals surface area contributed by atoms with E-state index in [1.807, 2.05) is 48.5 Å². The minimum absolute atomic E-state index is 0.00356. The van der Waals surface area contributed by atoms with Crippen LogP contribution in [0.1, 0.15) is 79.3 Å². The van der Waals surface area contributed by atoms with Gasteiger partial charge in [-0.05, 0) is 85.9 Å². The molecule has 328 valence electrons. The number of aldehydes is 1. The lowest BCUT2D eigenvalue weighted by atomic mass is 9.55. The lowest BCUT2D eigenvalue weighted by Crippen LogP contribution is -2.70. The maximum atomic E-state index is 14.2. The molecule has 61 heavy (non-hydrogen) atoms. The Balaban J connectivity index is 1.57. The van der Waals surface area contributed by atoms with Gasteiger partial charge in [0.25, 0.3) is 0 Å². The number of carbonyl (C=O) groups is 2. The van der Waals surface area contributed by atoms with Crippen LogP contribution in [-0.4, -0.2) is 103 Å². The maximum absolute atomic E-state index is 14.2. The van der Waals surface area contributed by atoms with Gasteiger partial charge in [-0.1, -0.05) is 72.6 Å². The zero-order chi connectivity index (χ0) is 43.0. The number of hydrogen-bond donors (Lipinski definition) is 3. The number of benzene rings is 3. The summed E-state index contributed by atoms with van der Waals surface area (Å²) in [6.07, 6.45) is 8.71. The molecule has 1 fully saturated rings. The van der Waals surface area contributed by atoms with E-state index in [0.29, 0.717) is 41.4 Å². The van der Waals surface area contributed by atoms with Gasteiger partial charge in [0.2, 0.25) is 5.79 Å². The number of aliphatic hydroxyl groups is 3. The average Bonchev–Trinajstić information content (AvgIpc) is 3.28. The van der Waals surface area contributed by atoms with E-state index in [4.69, 9.17) is 33.7 Å². The average molecular weight is 841 g/mol. The number of hydrogen-bond acceptors (Lipinski definition) is 12. The van der Waals surface area contributed by atoms with Gasteiger partial charge in [0.15, 0.2) is 0 Å². The van der Waals surface area contributed by atoms with Gasteiger partial charge in [0, 0.05) is 43.2 Å². The molecule has 6 atom stereocenters. The van der Waals surface area contributed by atoms with Crippen molar-refractivity contribution in [3.8, 4) is 17.2 Å². The monoisotopic (exact) mass is 840 g/mol. The molecule has 0 saturated heterocycles. The first-order valence-corrected chi connectivity index (χ1v) is 21.5. The van der Waals surface area contributed by atoms with Crippen molar-refractivity contribution in [1.82, 2.24) is 4.90 Å². The highest BCUT2D eigenvalue weighted by molar-refractivity contribution is 6.03. The summed E-state index contributed by atoms with van der Waals surface area (Å²) in [5, 5.41) is 34.2. The highest BCUT2D eigenvalue weighted by atomic mass is 16.7. The molecule has 0 aromatic heterocycles. The number of nitrogens with zero attached hydrogens (tertiary/aromatic N) is 2. The molecule has 0 bridgehead atoms. The summed E-state index contributed by atoms with van der Waals surface area (Å²) >= 11 is 0. The summed E-state index contributed by atoms with van der Waals surface area (Å²) in [7, 11) is 0. The van der Waals surface area contributed by atoms with E-state index in [1.165, 1.54) is 0 Å². The summed E-state index contributed by atoms with van der Waals surface area (Å²) in [5.74, 6) is -0.680. The van der Waals surface area contributed by atoms with E-state index in [9.17, 15) is 24.9 Å². The molecule has 1 heterocycles. The lowest BCUT2D eigenvalue weighted by molar-refractivity contribution is -0.256. The molecule has 0 radical (unpaired) electrons. The standard InChI is InChI=1S/C48H60N2O11/c1-3-25-58-48-44(50(47(55)57-4-2)21-26-56-27-24-53)31-42(49-59-33-34-13-6-5-7-14-34)40-29-36(16-8-10-22-51)39(18-9-11-23-52)45(46(40)48)41-30-38(19-20-43(41)61-48)60-37-17-12-15-35(28-37)32-54/h3,5-7,12-15,17,19-20,28-30,32,36,39,44-46,51-53H,1,4,8-11,16,18,21-27,31,33H2,2H3/t36-,39+,44-,45+,46+,48+/m0/s1. The zero-order valence-corrected chi connectivity index (χ0v) is 35.1. The van der Waals surface area contributed by atoms with Crippen LogP contribution in [0, 0.1) is 17.8 Å². The van der Waals surface area contributed by atoms with Crippen LogP contribution >= 0.6 is 0 Å². The summed E-state index contributed by atoms with van der Waals surface area (Å²) in [5.41, 5.74) is 3.85. The first-order chi connectivity index (χ1) is 29.9.